The second-order valence-corrected chi connectivity index (χ2v) is 7.32. The minimum absolute atomic E-state index is 0.319. The van der Waals surface area contributed by atoms with E-state index in [0.29, 0.717) is 17.7 Å². The number of likely N-dealkylation sites (tertiary alicyclic amines) is 1. The number of oxazole rings is 1. The molecule has 6 nitrogen and oxygen atoms in total. The van der Waals surface area contributed by atoms with Crippen LogP contribution in [0.25, 0.3) is 11.5 Å². The minimum atomic E-state index is 0.319. The van der Waals surface area contributed by atoms with E-state index in [2.05, 4.69) is 22.0 Å². The van der Waals surface area contributed by atoms with Gasteiger partial charge in [0.05, 0.1) is 37.2 Å². The summed E-state index contributed by atoms with van der Waals surface area (Å²) < 4.78 is 16.8. The molecule has 4 rings (SSSR count). The highest BCUT2D eigenvalue weighted by molar-refractivity contribution is 5.65. The molecule has 1 aliphatic rings. The molecule has 152 valence electrons. The molecule has 0 bridgehead atoms. The van der Waals surface area contributed by atoms with E-state index in [-0.39, 0.29) is 0 Å². The maximum absolute atomic E-state index is 6.02. The Kier molecular flexibility index (Phi) is 5.81. The second kappa shape index (κ2) is 8.66. The predicted octanol–water partition coefficient (Wildman–Crippen LogP) is 4.79. The van der Waals surface area contributed by atoms with E-state index in [0.717, 1.165) is 48.0 Å². The molecule has 0 radical (unpaired) electrons. The average molecular weight is 393 g/mol. The summed E-state index contributed by atoms with van der Waals surface area (Å²) in [6.45, 7) is 3.76. The first kappa shape index (κ1) is 19.5. The van der Waals surface area contributed by atoms with E-state index in [4.69, 9.17) is 18.9 Å². The van der Waals surface area contributed by atoms with Crippen LogP contribution in [-0.2, 0) is 6.54 Å². The first-order chi connectivity index (χ1) is 14.2. The van der Waals surface area contributed by atoms with Crippen LogP contribution >= 0.6 is 0 Å². The summed E-state index contributed by atoms with van der Waals surface area (Å²) in [5.74, 6) is 2.83. The second-order valence-electron chi connectivity index (χ2n) is 7.32. The summed E-state index contributed by atoms with van der Waals surface area (Å²) in [5, 5.41) is 0. The summed E-state index contributed by atoms with van der Waals surface area (Å²) in [6, 6.07) is 12.1. The quantitative estimate of drug-likeness (QED) is 0.600. The van der Waals surface area contributed by atoms with E-state index in [1.807, 2.05) is 37.4 Å². The molecule has 0 unspecified atom stereocenters. The molecule has 3 aromatic rings. The van der Waals surface area contributed by atoms with Crippen LogP contribution in [-0.4, -0.2) is 35.6 Å². The Balaban J connectivity index is 1.60. The third kappa shape index (κ3) is 4.12. The van der Waals surface area contributed by atoms with Gasteiger partial charge in [-0.1, -0.05) is 12.5 Å². The largest absolute Gasteiger partial charge is 0.497 e. The molecule has 0 spiro atoms. The van der Waals surface area contributed by atoms with Crippen LogP contribution in [0, 0.1) is 6.92 Å². The lowest BCUT2D eigenvalue weighted by Crippen LogP contribution is -2.33. The third-order valence-corrected chi connectivity index (χ3v) is 5.53. The van der Waals surface area contributed by atoms with Crippen LogP contribution in [0.1, 0.15) is 42.5 Å². The van der Waals surface area contributed by atoms with Gasteiger partial charge in [0.25, 0.3) is 0 Å². The fourth-order valence-electron chi connectivity index (χ4n) is 3.95. The Morgan fingerprint density at radius 3 is 2.79 bits per heavy atom. The number of ether oxygens (including phenoxy) is 2. The lowest BCUT2D eigenvalue weighted by Gasteiger charge is -2.34. The maximum atomic E-state index is 6.02. The fourth-order valence-corrected chi connectivity index (χ4v) is 3.95. The summed E-state index contributed by atoms with van der Waals surface area (Å²) in [5.41, 5.74) is 2.91. The average Bonchev–Trinajstić information content (AvgIpc) is 3.14. The molecule has 1 saturated heterocycles. The molecule has 3 heterocycles. The predicted molar refractivity (Wildman–Crippen MR) is 111 cm³/mol. The van der Waals surface area contributed by atoms with E-state index >= 15 is 0 Å². The van der Waals surface area contributed by atoms with Crippen molar-refractivity contribution in [2.75, 3.05) is 20.8 Å². The molecule has 1 atom stereocenters. The van der Waals surface area contributed by atoms with Crippen LogP contribution in [0.3, 0.4) is 0 Å². The molecule has 1 fully saturated rings. The van der Waals surface area contributed by atoms with E-state index < -0.39 is 0 Å². The standard InChI is InChI=1S/C23H27N3O3/c1-16-20(15-26-13-7-5-9-21(26)19-8-4-6-12-24-19)25-23(29-16)18-11-10-17(27-2)14-22(18)28-3/h4,6,8,10-12,14,21H,5,7,9,13,15H2,1-3H3/t21-/m0/s1. The molecular formula is C23H27N3O3. The number of methoxy groups -OCH3 is 2. The number of hydrogen-bond donors (Lipinski definition) is 0. The van der Waals surface area contributed by atoms with Crippen LogP contribution in [0.5, 0.6) is 11.5 Å². The molecule has 6 heteroatoms. The zero-order valence-electron chi connectivity index (χ0n) is 17.2. The van der Waals surface area contributed by atoms with Gasteiger partial charge in [-0.25, -0.2) is 4.98 Å². The van der Waals surface area contributed by atoms with Gasteiger partial charge in [0.1, 0.15) is 17.3 Å². The van der Waals surface area contributed by atoms with Crippen molar-refractivity contribution in [3.05, 3.63) is 59.7 Å². The van der Waals surface area contributed by atoms with Crippen molar-refractivity contribution < 1.29 is 13.9 Å². The molecule has 0 aliphatic carbocycles. The highest BCUT2D eigenvalue weighted by Crippen LogP contribution is 2.35. The topological polar surface area (TPSA) is 60.6 Å². The van der Waals surface area contributed by atoms with Gasteiger partial charge in [0.15, 0.2) is 0 Å². The monoisotopic (exact) mass is 393 g/mol. The highest BCUT2D eigenvalue weighted by atomic mass is 16.5. The van der Waals surface area contributed by atoms with Gasteiger partial charge in [0, 0.05) is 18.8 Å². The SMILES string of the molecule is COc1ccc(-c2nc(CN3CCCC[C@H]3c3ccccn3)c(C)o2)c(OC)c1. The number of hydrogen-bond acceptors (Lipinski definition) is 6. The van der Waals surface area contributed by atoms with Crippen LogP contribution in [0.4, 0.5) is 0 Å². The van der Waals surface area contributed by atoms with E-state index in [1.165, 1.54) is 12.8 Å². The molecule has 1 aliphatic heterocycles. The highest BCUT2D eigenvalue weighted by Gasteiger charge is 2.27. The summed E-state index contributed by atoms with van der Waals surface area (Å²) in [7, 11) is 3.28. The molecule has 2 aromatic heterocycles. The first-order valence-electron chi connectivity index (χ1n) is 10.0. The molecule has 1 aromatic carbocycles. The summed E-state index contributed by atoms with van der Waals surface area (Å²) >= 11 is 0. The Hall–Kier alpha value is -2.86. The van der Waals surface area contributed by atoms with Gasteiger partial charge >= 0.3 is 0 Å². The Morgan fingerprint density at radius 2 is 2.03 bits per heavy atom. The van der Waals surface area contributed by atoms with Crippen molar-refractivity contribution in [2.24, 2.45) is 0 Å². The number of aromatic nitrogens is 2. The van der Waals surface area contributed by atoms with Crippen LogP contribution < -0.4 is 9.47 Å². The molecule has 0 amide bonds. The van der Waals surface area contributed by atoms with Crippen molar-refractivity contribution in [3.63, 3.8) is 0 Å². The number of rotatable bonds is 6. The lowest BCUT2D eigenvalue weighted by atomic mass is 9.98. The van der Waals surface area contributed by atoms with Crippen molar-refractivity contribution >= 4 is 0 Å². The third-order valence-electron chi connectivity index (χ3n) is 5.53. The van der Waals surface area contributed by atoms with Crippen LogP contribution in [0.15, 0.2) is 47.0 Å². The number of piperidine rings is 1. The maximum Gasteiger partial charge on any atom is 0.230 e. The number of benzene rings is 1. The smallest absolute Gasteiger partial charge is 0.230 e. The zero-order chi connectivity index (χ0) is 20.2. The Labute approximate surface area is 171 Å². The number of pyridine rings is 1. The van der Waals surface area contributed by atoms with Crippen molar-refractivity contribution in [1.82, 2.24) is 14.9 Å². The Bertz CT molecular complexity index is 955. The fraction of sp³-hybridized carbons (Fsp3) is 0.391. The Morgan fingerprint density at radius 1 is 1.14 bits per heavy atom. The van der Waals surface area contributed by atoms with Gasteiger partial charge in [-0.2, -0.15) is 0 Å². The molecule has 0 N–H and O–H groups in total. The van der Waals surface area contributed by atoms with Gasteiger partial charge in [0.2, 0.25) is 5.89 Å². The summed E-state index contributed by atoms with van der Waals surface area (Å²) in [4.78, 5) is 11.9. The van der Waals surface area contributed by atoms with Gasteiger partial charge in [-0.15, -0.1) is 0 Å². The lowest BCUT2D eigenvalue weighted by molar-refractivity contribution is 0.135. The van der Waals surface area contributed by atoms with Gasteiger partial charge in [-0.05, 0) is 50.6 Å². The minimum Gasteiger partial charge on any atom is -0.497 e. The van der Waals surface area contributed by atoms with Crippen molar-refractivity contribution in [3.8, 4) is 23.0 Å². The molecule has 29 heavy (non-hydrogen) atoms. The van der Waals surface area contributed by atoms with Gasteiger partial charge in [-0.3, -0.25) is 9.88 Å². The van der Waals surface area contributed by atoms with Crippen molar-refractivity contribution in [1.29, 1.82) is 0 Å². The van der Waals surface area contributed by atoms with E-state index in [1.54, 1.807) is 14.2 Å². The molecule has 0 saturated carbocycles. The number of aryl methyl sites for hydroxylation is 1. The first-order valence-corrected chi connectivity index (χ1v) is 10.0. The summed E-state index contributed by atoms with van der Waals surface area (Å²) in [6.07, 6.45) is 5.41. The van der Waals surface area contributed by atoms with Crippen LogP contribution in [0.2, 0.25) is 0 Å². The number of nitrogens with zero attached hydrogens (tertiary/aromatic N) is 3. The molecular weight excluding hydrogens is 366 g/mol. The zero-order valence-corrected chi connectivity index (χ0v) is 17.2. The van der Waals surface area contributed by atoms with Gasteiger partial charge < -0.3 is 13.9 Å². The van der Waals surface area contributed by atoms with Crippen molar-refractivity contribution in [2.45, 2.75) is 38.8 Å². The van der Waals surface area contributed by atoms with E-state index in [9.17, 15) is 0 Å². The normalized spacial score (nSPS) is 17.3.